The monoisotopic (exact) mass is 379 g/mol. The molecule has 0 fully saturated rings. The second kappa shape index (κ2) is 9.43. The molecular formula is C17H21N3O3S2. The predicted molar refractivity (Wildman–Crippen MR) is 104 cm³/mol. The van der Waals surface area contributed by atoms with Crippen LogP contribution in [0.3, 0.4) is 0 Å². The SMILES string of the molecule is CCCSC1=CCC(=N)C(NC(=S)NC(=O)OC)=C1Cc1ccco1. The van der Waals surface area contributed by atoms with Crippen molar-refractivity contribution in [3.8, 4) is 0 Å². The predicted octanol–water partition coefficient (Wildman–Crippen LogP) is 3.76. The molecule has 0 radical (unpaired) electrons. The first-order chi connectivity index (χ1) is 12.0. The van der Waals surface area contributed by atoms with Crippen LogP contribution in [-0.2, 0) is 11.2 Å². The second-order valence-electron chi connectivity index (χ2n) is 5.28. The van der Waals surface area contributed by atoms with E-state index in [0.29, 0.717) is 24.3 Å². The van der Waals surface area contributed by atoms with Gasteiger partial charge in [-0.1, -0.05) is 13.0 Å². The summed E-state index contributed by atoms with van der Waals surface area (Å²) < 4.78 is 10.0. The number of thioether (sulfide) groups is 1. The molecule has 0 spiro atoms. The Bertz CT molecular complexity index is 709. The third kappa shape index (κ3) is 5.47. The number of amides is 1. The van der Waals surface area contributed by atoms with Crippen LogP contribution in [0, 0.1) is 5.41 Å². The standard InChI is InChI=1S/C17H21N3O3S2/c1-3-9-25-14-7-6-13(18)15(19-16(24)20-17(21)22-2)12(14)10-11-5-4-8-23-11/h4-5,7-8,18H,3,6,9-10H2,1-2H3,(H2,19,20,21,24). The fraction of sp³-hybridized carbons (Fsp3) is 0.353. The van der Waals surface area contributed by atoms with Gasteiger partial charge in [-0.15, -0.1) is 11.8 Å². The van der Waals surface area contributed by atoms with Gasteiger partial charge in [0.15, 0.2) is 5.11 Å². The zero-order valence-electron chi connectivity index (χ0n) is 14.2. The fourth-order valence-electron chi connectivity index (χ4n) is 2.29. The highest BCUT2D eigenvalue weighted by molar-refractivity contribution is 8.03. The van der Waals surface area contributed by atoms with Crippen LogP contribution in [0.25, 0.3) is 0 Å². The topological polar surface area (TPSA) is 87.4 Å². The summed E-state index contributed by atoms with van der Waals surface area (Å²) >= 11 is 6.90. The van der Waals surface area contributed by atoms with Gasteiger partial charge >= 0.3 is 6.09 Å². The number of rotatable bonds is 6. The highest BCUT2D eigenvalue weighted by Gasteiger charge is 2.22. The molecular weight excluding hydrogens is 358 g/mol. The van der Waals surface area contributed by atoms with Crippen molar-refractivity contribution in [2.45, 2.75) is 26.2 Å². The summed E-state index contributed by atoms with van der Waals surface area (Å²) in [4.78, 5) is 12.4. The van der Waals surface area contributed by atoms with Crippen molar-refractivity contribution in [2.24, 2.45) is 0 Å². The van der Waals surface area contributed by atoms with E-state index in [1.807, 2.05) is 12.1 Å². The van der Waals surface area contributed by atoms with Gasteiger partial charge in [-0.25, -0.2) is 4.79 Å². The quantitative estimate of drug-likeness (QED) is 0.653. The third-order valence-electron chi connectivity index (χ3n) is 3.42. The number of furan rings is 1. The minimum absolute atomic E-state index is 0.102. The number of thiocarbonyl (C=S) groups is 1. The Morgan fingerprint density at radius 1 is 1.52 bits per heavy atom. The minimum Gasteiger partial charge on any atom is -0.469 e. The second-order valence-corrected chi connectivity index (χ2v) is 6.82. The average Bonchev–Trinajstić information content (AvgIpc) is 3.10. The lowest BCUT2D eigenvalue weighted by Gasteiger charge is -2.23. The Kier molecular flexibility index (Phi) is 7.27. The number of ether oxygens (including phenoxy) is 1. The van der Waals surface area contributed by atoms with Gasteiger partial charge in [0.1, 0.15) is 5.76 Å². The lowest BCUT2D eigenvalue weighted by Crippen LogP contribution is -2.41. The molecule has 0 aromatic carbocycles. The molecule has 1 heterocycles. The normalized spacial score (nSPS) is 14.2. The number of nitrogens with one attached hydrogen (secondary N) is 3. The van der Waals surface area contributed by atoms with Gasteiger partial charge in [0.05, 0.1) is 24.8 Å². The third-order valence-corrected chi connectivity index (χ3v) is 4.97. The molecule has 6 nitrogen and oxygen atoms in total. The van der Waals surface area contributed by atoms with Crippen molar-refractivity contribution in [3.05, 3.63) is 46.4 Å². The van der Waals surface area contributed by atoms with Crippen LogP contribution in [-0.4, -0.2) is 29.8 Å². The number of methoxy groups -OCH3 is 1. The molecule has 134 valence electrons. The number of allylic oxidation sites excluding steroid dienone is 3. The van der Waals surface area contributed by atoms with Crippen molar-refractivity contribution >= 4 is 40.9 Å². The Labute approximate surface area is 156 Å². The maximum atomic E-state index is 11.3. The summed E-state index contributed by atoms with van der Waals surface area (Å²) in [6, 6.07) is 3.74. The van der Waals surface area contributed by atoms with E-state index in [-0.39, 0.29) is 5.11 Å². The molecule has 1 amide bonds. The first kappa shape index (κ1) is 19.3. The van der Waals surface area contributed by atoms with Gasteiger partial charge in [0.2, 0.25) is 0 Å². The van der Waals surface area contributed by atoms with E-state index in [2.05, 4.69) is 28.4 Å². The molecule has 0 unspecified atom stereocenters. The number of carbonyl (C=O) groups is 1. The smallest absolute Gasteiger partial charge is 0.413 e. The highest BCUT2D eigenvalue weighted by atomic mass is 32.2. The Morgan fingerprint density at radius 2 is 2.32 bits per heavy atom. The minimum atomic E-state index is -0.649. The lowest BCUT2D eigenvalue weighted by atomic mass is 9.97. The number of hydrogen-bond acceptors (Lipinski definition) is 6. The molecule has 2 rings (SSSR count). The Balaban J connectivity index is 2.29. The molecule has 8 heteroatoms. The largest absolute Gasteiger partial charge is 0.469 e. The maximum Gasteiger partial charge on any atom is 0.413 e. The zero-order chi connectivity index (χ0) is 18.2. The van der Waals surface area contributed by atoms with Gasteiger partial charge in [-0.3, -0.25) is 5.32 Å². The number of alkyl carbamates (subject to hydrolysis) is 1. The van der Waals surface area contributed by atoms with Crippen LogP contribution in [0.4, 0.5) is 4.79 Å². The van der Waals surface area contributed by atoms with Crippen molar-refractivity contribution < 1.29 is 13.9 Å². The van der Waals surface area contributed by atoms with E-state index in [4.69, 9.17) is 22.0 Å². The van der Waals surface area contributed by atoms with E-state index in [1.54, 1.807) is 18.0 Å². The van der Waals surface area contributed by atoms with Gasteiger partial charge in [0, 0.05) is 17.7 Å². The molecule has 0 saturated carbocycles. The lowest BCUT2D eigenvalue weighted by molar-refractivity contribution is 0.177. The van der Waals surface area contributed by atoms with E-state index in [1.165, 1.54) is 7.11 Å². The van der Waals surface area contributed by atoms with Crippen LogP contribution >= 0.6 is 24.0 Å². The van der Waals surface area contributed by atoms with Crippen molar-refractivity contribution in [3.63, 3.8) is 0 Å². The van der Waals surface area contributed by atoms with E-state index in [9.17, 15) is 4.79 Å². The van der Waals surface area contributed by atoms with Crippen LogP contribution < -0.4 is 10.6 Å². The summed E-state index contributed by atoms with van der Waals surface area (Å²) in [7, 11) is 1.27. The number of hydrogen-bond donors (Lipinski definition) is 3. The van der Waals surface area contributed by atoms with Gasteiger partial charge in [-0.05, 0) is 42.1 Å². The molecule has 1 aromatic rings. The number of carbonyl (C=O) groups excluding carboxylic acids is 1. The van der Waals surface area contributed by atoms with Gasteiger partial charge in [0.25, 0.3) is 0 Å². The molecule has 25 heavy (non-hydrogen) atoms. The van der Waals surface area contributed by atoms with Gasteiger partial charge in [-0.2, -0.15) is 0 Å². The molecule has 0 aliphatic heterocycles. The molecule has 1 aliphatic rings. The Hall–Kier alpha value is -2.06. The highest BCUT2D eigenvalue weighted by Crippen LogP contribution is 2.33. The first-order valence-corrected chi connectivity index (χ1v) is 9.27. The van der Waals surface area contributed by atoms with E-state index >= 15 is 0 Å². The van der Waals surface area contributed by atoms with Crippen LogP contribution in [0.1, 0.15) is 25.5 Å². The molecule has 1 aromatic heterocycles. The summed E-state index contributed by atoms with van der Waals surface area (Å²) in [5.41, 5.74) is 1.97. The van der Waals surface area contributed by atoms with Crippen molar-refractivity contribution in [1.29, 1.82) is 5.41 Å². The van der Waals surface area contributed by atoms with Crippen LogP contribution in [0.15, 0.2) is 45.1 Å². The van der Waals surface area contributed by atoms with Crippen LogP contribution in [0.5, 0.6) is 0 Å². The maximum absolute atomic E-state index is 11.3. The molecule has 0 atom stereocenters. The van der Waals surface area contributed by atoms with Crippen molar-refractivity contribution in [1.82, 2.24) is 10.6 Å². The molecule has 0 bridgehead atoms. The van der Waals surface area contributed by atoms with Crippen molar-refractivity contribution in [2.75, 3.05) is 12.9 Å². The zero-order valence-corrected chi connectivity index (χ0v) is 15.8. The molecule has 0 saturated heterocycles. The summed E-state index contributed by atoms with van der Waals surface area (Å²) in [5.74, 6) is 1.79. The van der Waals surface area contributed by atoms with E-state index in [0.717, 1.165) is 28.4 Å². The summed E-state index contributed by atoms with van der Waals surface area (Å²) in [6.45, 7) is 2.13. The average molecular weight is 380 g/mol. The van der Waals surface area contributed by atoms with E-state index < -0.39 is 6.09 Å². The first-order valence-electron chi connectivity index (χ1n) is 7.87. The summed E-state index contributed by atoms with van der Waals surface area (Å²) in [6.07, 6.45) is 5.15. The Morgan fingerprint density at radius 3 is 2.96 bits per heavy atom. The molecule has 3 N–H and O–H groups in total. The van der Waals surface area contributed by atoms with Gasteiger partial charge < -0.3 is 19.9 Å². The van der Waals surface area contributed by atoms with Crippen LogP contribution in [0.2, 0.25) is 0 Å². The summed E-state index contributed by atoms with van der Waals surface area (Å²) in [5, 5.41) is 13.8. The molecule has 1 aliphatic carbocycles. The fourth-order valence-corrected chi connectivity index (χ4v) is 3.44.